The van der Waals surface area contributed by atoms with Crippen LogP contribution in [0, 0.1) is 0 Å². The average molecular weight is 274 g/mol. The predicted molar refractivity (Wildman–Crippen MR) is 46.4 cm³/mol. The molecular formula is C6H11IO4. The van der Waals surface area contributed by atoms with Crippen molar-refractivity contribution in [3.63, 3.8) is 0 Å². The van der Waals surface area contributed by atoms with Crippen LogP contribution in [0.1, 0.15) is 6.92 Å². The summed E-state index contributed by atoms with van der Waals surface area (Å²) in [6, 6.07) is 0. The minimum absolute atomic E-state index is 0.175. The summed E-state index contributed by atoms with van der Waals surface area (Å²) in [6.07, 6.45) is -3.59. The summed E-state index contributed by atoms with van der Waals surface area (Å²) < 4.78 is 4.74. The molecule has 1 saturated heterocycles. The van der Waals surface area contributed by atoms with Gasteiger partial charge in [-0.3, -0.25) is 0 Å². The molecule has 1 heterocycles. The van der Waals surface area contributed by atoms with Crippen LogP contribution in [-0.4, -0.2) is 43.8 Å². The Bertz CT molecular complexity index is 129. The molecule has 4 nitrogen and oxygen atoms in total. The van der Waals surface area contributed by atoms with Crippen LogP contribution in [0.3, 0.4) is 0 Å². The molecule has 0 aliphatic carbocycles. The van der Waals surface area contributed by atoms with Crippen LogP contribution >= 0.6 is 22.6 Å². The molecule has 0 radical (unpaired) electrons. The SMILES string of the molecule is C[C@@H]1OC(O)[C@@H](O)[C@H](O)[C@H]1I. The predicted octanol–water partition coefficient (Wildman–Crippen LogP) is -0.751. The lowest BCUT2D eigenvalue weighted by atomic mass is 10.0. The maximum absolute atomic E-state index is 9.29. The van der Waals surface area contributed by atoms with Gasteiger partial charge in [0.15, 0.2) is 6.29 Å². The minimum Gasteiger partial charge on any atom is -0.389 e. The Morgan fingerprint density at radius 3 is 2.27 bits per heavy atom. The Kier molecular flexibility index (Phi) is 3.10. The molecule has 0 saturated carbocycles. The monoisotopic (exact) mass is 274 g/mol. The number of aliphatic hydroxyl groups excluding tert-OH is 3. The highest BCUT2D eigenvalue weighted by molar-refractivity contribution is 14.1. The molecule has 66 valence electrons. The minimum atomic E-state index is -1.26. The Hall–Kier alpha value is 0.570. The van der Waals surface area contributed by atoms with Crippen molar-refractivity contribution >= 4 is 22.6 Å². The fourth-order valence-corrected chi connectivity index (χ4v) is 1.61. The molecule has 11 heavy (non-hydrogen) atoms. The van der Waals surface area contributed by atoms with Crippen molar-refractivity contribution in [1.29, 1.82) is 0 Å². The first-order chi connectivity index (χ1) is 5.04. The van der Waals surface area contributed by atoms with Gasteiger partial charge in [-0.1, -0.05) is 22.6 Å². The second-order valence-corrected chi connectivity index (χ2v) is 4.10. The smallest absolute Gasteiger partial charge is 0.183 e. The van der Waals surface area contributed by atoms with Crippen LogP contribution in [-0.2, 0) is 4.74 Å². The van der Waals surface area contributed by atoms with Gasteiger partial charge in [-0.25, -0.2) is 0 Å². The fourth-order valence-electron chi connectivity index (χ4n) is 1.01. The van der Waals surface area contributed by atoms with Gasteiger partial charge in [0.1, 0.15) is 6.10 Å². The zero-order chi connectivity index (χ0) is 8.59. The van der Waals surface area contributed by atoms with E-state index in [2.05, 4.69) is 0 Å². The Labute approximate surface area is 78.3 Å². The highest BCUT2D eigenvalue weighted by Gasteiger charge is 2.40. The van der Waals surface area contributed by atoms with E-state index in [-0.39, 0.29) is 10.0 Å². The van der Waals surface area contributed by atoms with Crippen molar-refractivity contribution in [2.24, 2.45) is 0 Å². The summed E-state index contributed by atoms with van der Waals surface area (Å²) >= 11 is 1.99. The summed E-state index contributed by atoms with van der Waals surface area (Å²) in [5, 5.41) is 27.4. The zero-order valence-corrected chi connectivity index (χ0v) is 8.17. The number of alkyl halides is 1. The highest BCUT2D eigenvalue weighted by atomic mass is 127. The van der Waals surface area contributed by atoms with E-state index in [1.165, 1.54) is 0 Å². The zero-order valence-electron chi connectivity index (χ0n) is 6.01. The van der Waals surface area contributed by atoms with Crippen LogP contribution in [0.4, 0.5) is 0 Å². The first kappa shape index (κ1) is 9.66. The van der Waals surface area contributed by atoms with Gasteiger partial charge in [-0.15, -0.1) is 0 Å². The van der Waals surface area contributed by atoms with Crippen LogP contribution in [0.2, 0.25) is 0 Å². The topological polar surface area (TPSA) is 69.9 Å². The van der Waals surface area contributed by atoms with Gasteiger partial charge in [0.05, 0.1) is 16.1 Å². The highest BCUT2D eigenvalue weighted by Crippen LogP contribution is 2.25. The maximum atomic E-state index is 9.29. The lowest BCUT2D eigenvalue weighted by molar-refractivity contribution is -0.237. The number of hydrogen-bond acceptors (Lipinski definition) is 4. The molecule has 0 bridgehead atoms. The van der Waals surface area contributed by atoms with Crippen LogP contribution in [0.15, 0.2) is 0 Å². The molecular weight excluding hydrogens is 263 g/mol. The van der Waals surface area contributed by atoms with Crippen LogP contribution in [0.5, 0.6) is 0 Å². The Morgan fingerprint density at radius 2 is 1.73 bits per heavy atom. The molecule has 3 N–H and O–H groups in total. The Balaban J connectivity index is 2.63. The van der Waals surface area contributed by atoms with Crippen molar-refractivity contribution in [3.05, 3.63) is 0 Å². The number of halogens is 1. The van der Waals surface area contributed by atoms with Gasteiger partial charge in [0, 0.05) is 0 Å². The summed E-state index contributed by atoms with van der Waals surface area (Å²) in [7, 11) is 0. The van der Waals surface area contributed by atoms with Crippen molar-refractivity contribution in [2.45, 2.75) is 35.5 Å². The van der Waals surface area contributed by atoms with E-state index in [4.69, 9.17) is 14.9 Å². The molecule has 0 aromatic carbocycles. The number of ether oxygens (including phenoxy) is 1. The van der Waals surface area contributed by atoms with Gasteiger partial charge in [-0.2, -0.15) is 0 Å². The molecule has 0 aromatic heterocycles. The van der Waals surface area contributed by atoms with Crippen LogP contribution < -0.4 is 0 Å². The van der Waals surface area contributed by atoms with Crippen molar-refractivity contribution in [3.8, 4) is 0 Å². The molecule has 5 atom stereocenters. The standard InChI is InChI=1S/C6H11IO4/c1-2-3(7)4(8)5(9)6(10)11-2/h2-6,8-10H,1H3/t2-,3-,4+,5-,6?/m0/s1. The van der Waals surface area contributed by atoms with E-state index in [0.29, 0.717) is 0 Å². The van der Waals surface area contributed by atoms with Gasteiger partial charge >= 0.3 is 0 Å². The van der Waals surface area contributed by atoms with Crippen molar-refractivity contribution in [2.75, 3.05) is 0 Å². The lowest BCUT2D eigenvalue weighted by Gasteiger charge is -2.36. The lowest BCUT2D eigenvalue weighted by Crippen LogP contribution is -2.54. The molecule has 1 unspecified atom stereocenters. The molecule has 1 aliphatic heterocycles. The van der Waals surface area contributed by atoms with Crippen molar-refractivity contribution in [1.82, 2.24) is 0 Å². The molecule has 0 aromatic rings. The van der Waals surface area contributed by atoms with E-state index in [1.807, 2.05) is 22.6 Å². The summed E-state index contributed by atoms with van der Waals surface area (Å²) in [5.41, 5.74) is 0. The largest absolute Gasteiger partial charge is 0.389 e. The Morgan fingerprint density at radius 1 is 1.18 bits per heavy atom. The van der Waals surface area contributed by atoms with E-state index in [0.717, 1.165) is 0 Å². The first-order valence-corrected chi connectivity index (χ1v) is 4.62. The van der Waals surface area contributed by atoms with E-state index >= 15 is 0 Å². The second kappa shape index (κ2) is 3.53. The van der Waals surface area contributed by atoms with Crippen LogP contribution in [0.25, 0.3) is 0 Å². The number of aliphatic hydroxyl groups is 3. The number of hydrogen-bond donors (Lipinski definition) is 3. The van der Waals surface area contributed by atoms with Gasteiger partial charge in [0.2, 0.25) is 0 Å². The quantitative estimate of drug-likeness (QED) is 0.401. The molecule has 1 rings (SSSR count). The van der Waals surface area contributed by atoms with E-state index in [1.54, 1.807) is 6.92 Å². The number of rotatable bonds is 0. The third kappa shape index (κ3) is 1.83. The molecule has 5 heteroatoms. The molecule has 1 fully saturated rings. The van der Waals surface area contributed by atoms with E-state index in [9.17, 15) is 5.11 Å². The maximum Gasteiger partial charge on any atom is 0.183 e. The third-order valence-electron chi connectivity index (χ3n) is 1.77. The van der Waals surface area contributed by atoms with Crippen molar-refractivity contribution < 1.29 is 20.1 Å². The molecule has 1 aliphatic rings. The van der Waals surface area contributed by atoms with Gasteiger partial charge < -0.3 is 20.1 Å². The second-order valence-electron chi connectivity index (χ2n) is 2.66. The normalized spacial score (nSPS) is 52.6. The third-order valence-corrected chi connectivity index (χ3v) is 3.52. The van der Waals surface area contributed by atoms with E-state index < -0.39 is 18.5 Å². The first-order valence-electron chi connectivity index (χ1n) is 3.37. The van der Waals surface area contributed by atoms with Gasteiger partial charge in [-0.05, 0) is 6.92 Å². The summed E-state index contributed by atoms with van der Waals surface area (Å²) in [5.74, 6) is 0. The fraction of sp³-hybridized carbons (Fsp3) is 1.00. The summed E-state index contributed by atoms with van der Waals surface area (Å²) in [6.45, 7) is 1.75. The molecule has 0 amide bonds. The average Bonchev–Trinajstić information content (AvgIpc) is 1.97. The molecule has 0 spiro atoms. The van der Waals surface area contributed by atoms with Gasteiger partial charge in [0.25, 0.3) is 0 Å². The summed E-state index contributed by atoms with van der Waals surface area (Å²) in [4.78, 5) is 0.